The number of nitrogens with zero attached hydrogens (tertiary/aromatic N) is 1. The standard InChI is InChI=1S/C20H24N2O2/c23-14-15(12-17-8-3-4-11-21-17)13-22-20(24)19-10-5-7-16-6-1-2-9-18(16)19/h1-4,6,8-9,11,15,19,23H,5,7,10,12-14H2,(H,22,24)/t15-,19+/m1/s1. The third-order valence-corrected chi connectivity index (χ3v) is 4.73. The summed E-state index contributed by atoms with van der Waals surface area (Å²) in [6.07, 6.45) is 5.42. The van der Waals surface area contributed by atoms with Gasteiger partial charge in [-0.1, -0.05) is 30.3 Å². The van der Waals surface area contributed by atoms with Gasteiger partial charge >= 0.3 is 0 Å². The minimum Gasteiger partial charge on any atom is -0.396 e. The second kappa shape index (κ2) is 8.06. The highest BCUT2D eigenvalue weighted by molar-refractivity contribution is 5.84. The van der Waals surface area contributed by atoms with Gasteiger partial charge in [0.05, 0.1) is 5.92 Å². The number of aliphatic hydroxyl groups is 1. The van der Waals surface area contributed by atoms with Gasteiger partial charge in [-0.25, -0.2) is 0 Å². The van der Waals surface area contributed by atoms with Crippen molar-refractivity contribution in [2.24, 2.45) is 5.92 Å². The van der Waals surface area contributed by atoms with Crippen molar-refractivity contribution in [1.29, 1.82) is 0 Å². The number of aromatic nitrogens is 1. The van der Waals surface area contributed by atoms with E-state index < -0.39 is 0 Å². The van der Waals surface area contributed by atoms with Gasteiger partial charge in [-0.05, 0) is 48.9 Å². The van der Waals surface area contributed by atoms with Crippen molar-refractivity contribution in [3.05, 3.63) is 65.5 Å². The van der Waals surface area contributed by atoms with Crippen LogP contribution in [0.3, 0.4) is 0 Å². The third kappa shape index (κ3) is 4.01. The van der Waals surface area contributed by atoms with Crippen molar-refractivity contribution in [2.45, 2.75) is 31.6 Å². The molecule has 0 radical (unpaired) electrons. The van der Waals surface area contributed by atoms with Crippen LogP contribution in [0.2, 0.25) is 0 Å². The number of carbonyl (C=O) groups is 1. The van der Waals surface area contributed by atoms with Gasteiger partial charge in [-0.15, -0.1) is 0 Å². The van der Waals surface area contributed by atoms with E-state index in [1.54, 1.807) is 6.20 Å². The summed E-state index contributed by atoms with van der Waals surface area (Å²) in [6, 6.07) is 14.0. The zero-order valence-electron chi connectivity index (χ0n) is 13.8. The molecule has 1 heterocycles. The molecule has 0 saturated heterocycles. The lowest BCUT2D eigenvalue weighted by molar-refractivity contribution is -0.123. The Labute approximate surface area is 142 Å². The molecule has 2 N–H and O–H groups in total. The second-order valence-electron chi connectivity index (χ2n) is 6.46. The van der Waals surface area contributed by atoms with E-state index in [0.29, 0.717) is 13.0 Å². The van der Waals surface area contributed by atoms with Crippen LogP contribution < -0.4 is 5.32 Å². The molecule has 1 aromatic heterocycles. The highest BCUT2D eigenvalue weighted by atomic mass is 16.3. The Morgan fingerprint density at radius 3 is 2.88 bits per heavy atom. The van der Waals surface area contributed by atoms with Gasteiger partial charge in [0.1, 0.15) is 0 Å². The van der Waals surface area contributed by atoms with E-state index in [0.717, 1.165) is 30.5 Å². The van der Waals surface area contributed by atoms with Gasteiger partial charge in [-0.2, -0.15) is 0 Å². The predicted molar refractivity (Wildman–Crippen MR) is 93.6 cm³/mol. The maximum absolute atomic E-state index is 12.6. The Hall–Kier alpha value is -2.20. The summed E-state index contributed by atoms with van der Waals surface area (Å²) in [6.45, 7) is 0.517. The molecule has 24 heavy (non-hydrogen) atoms. The first-order valence-corrected chi connectivity index (χ1v) is 8.64. The Morgan fingerprint density at radius 1 is 1.25 bits per heavy atom. The van der Waals surface area contributed by atoms with Crippen LogP contribution in [0.25, 0.3) is 0 Å². The monoisotopic (exact) mass is 324 g/mol. The van der Waals surface area contributed by atoms with Crippen LogP contribution >= 0.6 is 0 Å². The van der Waals surface area contributed by atoms with Gasteiger partial charge in [0.15, 0.2) is 0 Å². The SMILES string of the molecule is O=C(NC[C@H](CO)Cc1ccccn1)[C@H]1CCCc2ccccc21. The number of hydrogen-bond donors (Lipinski definition) is 2. The molecule has 3 rings (SSSR count). The molecule has 2 atom stereocenters. The van der Waals surface area contributed by atoms with Crippen molar-refractivity contribution in [3.63, 3.8) is 0 Å². The number of fused-ring (bicyclic) bond motifs is 1. The van der Waals surface area contributed by atoms with Crippen molar-refractivity contribution in [1.82, 2.24) is 10.3 Å². The number of amides is 1. The summed E-state index contributed by atoms with van der Waals surface area (Å²) < 4.78 is 0. The molecule has 0 spiro atoms. The van der Waals surface area contributed by atoms with Gasteiger partial charge in [-0.3, -0.25) is 9.78 Å². The highest BCUT2D eigenvalue weighted by Gasteiger charge is 2.26. The van der Waals surface area contributed by atoms with Crippen LogP contribution in [-0.4, -0.2) is 29.1 Å². The lowest BCUT2D eigenvalue weighted by Gasteiger charge is -2.25. The van der Waals surface area contributed by atoms with E-state index in [1.165, 1.54) is 5.56 Å². The minimum absolute atomic E-state index is 0.0114. The molecule has 4 nitrogen and oxygen atoms in total. The van der Waals surface area contributed by atoms with E-state index in [-0.39, 0.29) is 24.3 Å². The van der Waals surface area contributed by atoms with Gasteiger partial charge < -0.3 is 10.4 Å². The van der Waals surface area contributed by atoms with E-state index in [1.807, 2.05) is 30.3 Å². The number of aryl methyl sites for hydroxylation is 1. The molecule has 1 aliphatic rings. The molecule has 4 heteroatoms. The molecule has 0 fully saturated rings. The molecule has 126 valence electrons. The number of benzene rings is 1. The molecule has 2 aromatic rings. The van der Waals surface area contributed by atoms with Gasteiger partial charge in [0, 0.05) is 31.0 Å². The van der Waals surface area contributed by atoms with Crippen molar-refractivity contribution >= 4 is 5.91 Å². The summed E-state index contributed by atoms with van der Waals surface area (Å²) >= 11 is 0. The molecule has 0 aliphatic heterocycles. The smallest absolute Gasteiger partial charge is 0.227 e. The first-order chi connectivity index (χ1) is 11.8. The van der Waals surface area contributed by atoms with E-state index in [2.05, 4.69) is 22.4 Å². The molecular formula is C20H24N2O2. The lowest BCUT2D eigenvalue weighted by atomic mass is 9.82. The van der Waals surface area contributed by atoms with Crippen LogP contribution in [0, 0.1) is 5.92 Å². The Bertz CT molecular complexity index is 672. The maximum Gasteiger partial charge on any atom is 0.227 e. The molecule has 1 aromatic carbocycles. The largest absolute Gasteiger partial charge is 0.396 e. The number of nitrogens with one attached hydrogen (secondary N) is 1. The highest BCUT2D eigenvalue weighted by Crippen LogP contribution is 2.31. The van der Waals surface area contributed by atoms with Crippen LogP contribution in [0.4, 0.5) is 0 Å². The van der Waals surface area contributed by atoms with E-state index in [4.69, 9.17) is 0 Å². The first kappa shape index (κ1) is 16.7. The van der Waals surface area contributed by atoms with Crippen LogP contribution in [0.15, 0.2) is 48.7 Å². The number of pyridine rings is 1. The Balaban J connectivity index is 1.59. The third-order valence-electron chi connectivity index (χ3n) is 4.73. The normalized spacial score (nSPS) is 17.8. The topological polar surface area (TPSA) is 62.2 Å². The molecule has 0 unspecified atom stereocenters. The maximum atomic E-state index is 12.6. The lowest BCUT2D eigenvalue weighted by Crippen LogP contribution is -2.36. The van der Waals surface area contributed by atoms with Crippen LogP contribution in [0.1, 0.15) is 35.6 Å². The average Bonchev–Trinajstić information content (AvgIpc) is 2.65. The second-order valence-corrected chi connectivity index (χ2v) is 6.46. The van der Waals surface area contributed by atoms with Crippen LogP contribution in [0.5, 0.6) is 0 Å². The quantitative estimate of drug-likeness (QED) is 0.858. The first-order valence-electron chi connectivity index (χ1n) is 8.64. The predicted octanol–water partition coefficient (Wildman–Crippen LogP) is 2.47. The van der Waals surface area contributed by atoms with Gasteiger partial charge in [0.25, 0.3) is 0 Å². The van der Waals surface area contributed by atoms with Crippen LogP contribution in [-0.2, 0) is 17.6 Å². The minimum atomic E-state index is -0.0656. The number of hydrogen-bond acceptors (Lipinski definition) is 3. The Kier molecular flexibility index (Phi) is 5.59. The number of rotatable bonds is 6. The molecular weight excluding hydrogens is 300 g/mol. The summed E-state index contributed by atoms with van der Waals surface area (Å²) in [5.74, 6) is -0.00607. The van der Waals surface area contributed by atoms with E-state index in [9.17, 15) is 9.90 Å². The summed E-state index contributed by atoms with van der Waals surface area (Å²) in [5.41, 5.74) is 3.39. The summed E-state index contributed by atoms with van der Waals surface area (Å²) in [5, 5.41) is 12.6. The van der Waals surface area contributed by atoms with E-state index >= 15 is 0 Å². The molecule has 0 saturated carbocycles. The molecule has 0 bridgehead atoms. The zero-order chi connectivity index (χ0) is 16.8. The fraction of sp³-hybridized carbons (Fsp3) is 0.400. The van der Waals surface area contributed by atoms with Gasteiger partial charge in [0.2, 0.25) is 5.91 Å². The molecule has 1 aliphatic carbocycles. The summed E-state index contributed by atoms with van der Waals surface area (Å²) in [4.78, 5) is 16.9. The van der Waals surface area contributed by atoms with Crippen molar-refractivity contribution in [3.8, 4) is 0 Å². The fourth-order valence-electron chi connectivity index (χ4n) is 3.41. The fourth-order valence-corrected chi connectivity index (χ4v) is 3.41. The van der Waals surface area contributed by atoms with Crippen molar-refractivity contribution in [2.75, 3.05) is 13.2 Å². The molecule has 1 amide bonds. The average molecular weight is 324 g/mol. The Morgan fingerprint density at radius 2 is 2.08 bits per heavy atom. The summed E-state index contributed by atoms with van der Waals surface area (Å²) in [7, 11) is 0. The number of carbonyl (C=O) groups excluding carboxylic acids is 1. The number of aliphatic hydroxyl groups excluding tert-OH is 1. The zero-order valence-corrected chi connectivity index (χ0v) is 13.8. The van der Waals surface area contributed by atoms with Crippen molar-refractivity contribution < 1.29 is 9.90 Å².